The van der Waals surface area contributed by atoms with E-state index in [1.54, 1.807) is 0 Å². The molecule has 530 valence electrons. The van der Waals surface area contributed by atoms with Crippen LogP contribution in [0.1, 0.15) is 0 Å². The monoisotopic (exact) mass is 1510 g/mol. The molecule has 0 aliphatic carbocycles. The number of anilines is 6. The Hall–Kier alpha value is -13.6. The second-order valence-electron chi connectivity index (χ2n) is 28.0. The molecule has 13 heteroatoms. The molecular formula is C99H65N8OPS3. The van der Waals surface area contributed by atoms with Crippen molar-refractivity contribution in [1.29, 1.82) is 0 Å². The Bertz CT molecular complexity index is 7410. The molecule has 9 aromatic heterocycles. The zero-order chi connectivity index (χ0) is 74.2. The van der Waals surface area contributed by atoms with E-state index in [1.807, 2.05) is 140 Å². The summed E-state index contributed by atoms with van der Waals surface area (Å²) in [6.07, 6.45) is 0. The van der Waals surface area contributed by atoms with Gasteiger partial charge in [0.15, 0.2) is 18.8 Å². The van der Waals surface area contributed by atoms with Crippen LogP contribution in [0.5, 0.6) is 0 Å². The smallest absolute Gasteiger partial charge is 0.171 e. The molecule has 0 atom stereocenters. The first-order valence-electron chi connectivity index (χ1n) is 37.3. The molecule has 9 nitrogen and oxygen atoms in total. The first-order chi connectivity index (χ1) is 55.3. The highest BCUT2D eigenvalue weighted by Gasteiger charge is 2.30. The van der Waals surface area contributed by atoms with Gasteiger partial charge in [0.1, 0.15) is 0 Å². The van der Waals surface area contributed by atoms with E-state index in [4.69, 9.17) is 15.3 Å². The van der Waals surface area contributed by atoms with E-state index in [0.29, 0.717) is 0 Å². The lowest BCUT2D eigenvalue weighted by Crippen LogP contribution is -2.24. The van der Waals surface area contributed by atoms with Gasteiger partial charge in [-0.15, -0.1) is 44.2 Å². The van der Waals surface area contributed by atoms with Crippen molar-refractivity contribution < 1.29 is 4.57 Å². The molecule has 112 heavy (non-hydrogen) atoms. The van der Waals surface area contributed by atoms with Gasteiger partial charge in [0.25, 0.3) is 0 Å². The standard InChI is InChI=1S/C35H21N3S2.C35H23N3S.C29H21N2OP/c1-4-10-30-22(7-1)13-14-25-21-35(36-38(25)30)37(23-15-17-33-28(19-23)26-8-2-5-11-31(26)39-33)24-16-18-34-29(20-24)27-9-3-6-12-32(27)40-34;1-2-8-24(9-3-1)25-14-17-27(18-15-25)37(28-20-21-31-30-11-5-7-13-33(30)39-34(31)22-28)35-23-29-19-16-26-10-4-6-12-32(26)38(29)36-35;32-33(25-10-3-1-4-11-25,26-12-5-2-6-13-26)27-19-16-22(17-20-27)28-21-24-18-15-23-9-7-8-14-29(23)31(24)30-28/h1-21H;1-23H;1-21H. The number of pyridine rings is 3. The van der Waals surface area contributed by atoms with Gasteiger partial charge in [-0.1, -0.05) is 261 Å². The lowest BCUT2D eigenvalue weighted by atomic mass is 10.1. The lowest BCUT2D eigenvalue weighted by Gasteiger charge is -2.23. The molecule has 23 aromatic rings. The number of rotatable bonds is 11. The summed E-state index contributed by atoms with van der Waals surface area (Å²) in [5, 5.41) is 28.9. The first kappa shape index (κ1) is 66.6. The summed E-state index contributed by atoms with van der Waals surface area (Å²) in [6, 6.07) is 138. The van der Waals surface area contributed by atoms with Crippen LogP contribution in [0.15, 0.2) is 394 Å². The summed E-state index contributed by atoms with van der Waals surface area (Å²) in [5.41, 5.74) is 15.1. The molecule has 0 spiro atoms. The van der Waals surface area contributed by atoms with Gasteiger partial charge in [-0.25, -0.2) is 13.5 Å². The van der Waals surface area contributed by atoms with Crippen LogP contribution >= 0.6 is 41.2 Å². The van der Waals surface area contributed by atoms with Crippen molar-refractivity contribution in [1.82, 2.24) is 28.8 Å². The Morgan fingerprint density at radius 2 is 0.589 bits per heavy atom. The highest BCUT2D eigenvalue weighted by molar-refractivity contribution is 7.85. The Morgan fingerprint density at radius 1 is 0.241 bits per heavy atom. The molecule has 0 unspecified atom stereocenters. The number of para-hydroxylation sites is 3. The van der Waals surface area contributed by atoms with Gasteiger partial charge in [-0.2, -0.15) is 5.10 Å². The highest BCUT2D eigenvalue weighted by atomic mass is 32.1. The third kappa shape index (κ3) is 11.8. The van der Waals surface area contributed by atoms with E-state index in [9.17, 15) is 4.57 Å². The van der Waals surface area contributed by atoms with Gasteiger partial charge in [0, 0.05) is 133 Å². The molecule has 0 aliphatic heterocycles. The zero-order valence-corrected chi connectivity index (χ0v) is 63.5. The van der Waals surface area contributed by atoms with Gasteiger partial charge in [-0.05, 0) is 132 Å². The van der Waals surface area contributed by atoms with Crippen LogP contribution in [-0.2, 0) is 4.57 Å². The van der Waals surface area contributed by atoms with Gasteiger partial charge in [0.05, 0.1) is 38.8 Å². The van der Waals surface area contributed by atoms with Crippen molar-refractivity contribution in [2.75, 3.05) is 9.80 Å². The predicted octanol–water partition coefficient (Wildman–Crippen LogP) is 26.5. The average molecular weight is 1510 g/mol. The SMILES string of the molecule is O=P(c1ccccc1)(c1ccccc1)c1ccc(-c2cc3ccc4ccccc4n3n2)cc1.c1ccc(-c2ccc(N(c3ccc4c(c3)sc3ccccc34)c3cc4ccc5ccccc5n4n3)cc2)cc1.c1ccc2c(c1)ccc1cc(N(c3ccc4sc5ccccc5c4c3)c3ccc4sc5ccccc5c4c3)nn12. The van der Waals surface area contributed by atoms with E-state index in [2.05, 4.69) is 312 Å². The van der Waals surface area contributed by atoms with Gasteiger partial charge >= 0.3 is 0 Å². The van der Waals surface area contributed by atoms with E-state index in [1.165, 1.54) is 82.4 Å². The summed E-state index contributed by atoms with van der Waals surface area (Å²) in [4.78, 5) is 4.57. The van der Waals surface area contributed by atoms with Crippen LogP contribution in [-0.4, -0.2) is 28.8 Å². The quantitative estimate of drug-likeness (QED) is 0.120. The lowest BCUT2D eigenvalue weighted by molar-refractivity contribution is 0.592. The zero-order valence-electron chi connectivity index (χ0n) is 60.2. The van der Waals surface area contributed by atoms with Crippen molar-refractivity contribution >= 4 is 201 Å². The minimum Gasteiger partial charge on any atom is -0.309 e. The second kappa shape index (κ2) is 27.8. The normalized spacial score (nSPS) is 11.8. The molecule has 0 bridgehead atoms. The fourth-order valence-corrected chi connectivity index (χ4v) is 21.8. The van der Waals surface area contributed by atoms with Crippen molar-refractivity contribution in [2.24, 2.45) is 0 Å². The number of hydrogen-bond donors (Lipinski definition) is 0. The maximum absolute atomic E-state index is 14.5. The largest absolute Gasteiger partial charge is 0.309 e. The van der Waals surface area contributed by atoms with Crippen molar-refractivity contribution in [3.05, 3.63) is 394 Å². The van der Waals surface area contributed by atoms with Gasteiger partial charge in [-0.3, -0.25) is 9.80 Å². The van der Waals surface area contributed by atoms with Crippen LogP contribution in [0.2, 0.25) is 0 Å². The molecule has 0 saturated heterocycles. The third-order valence-electron chi connectivity index (χ3n) is 21.3. The second-order valence-corrected chi connectivity index (χ2v) is 34.0. The molecule has 9 heterocycles. The topological polar surface area (TPSA) is 75.5 Å². The maximum Gasteiger partial charge on any atom is 0.171 e. The van der Waals surface area contributed by atoms with E-state index >= 15 is 0 Å². The molecule has 0 radical (unpaired) electrons. The molecule has 14 aromatic carbocycles. The van der Waals surface area contributed by atoms with E-state index in [-0.39, 0.29) is 0 Å². The Balaban J connectivity index is 0.000000107. The van der Waals surface area contributed by atoms with E-state index < -0.39 is 7.14 Å². The number of nitrogens with zero attached hydrogens (tertiary/aromatic N) is 8. The summed E-state index contributed by atoms with van der Waals surface area (Å²) in [5.74, 6) is 1.79. The summed E-state index contributed by atoms with van der Waals surface area (Å²) in [7, 11) is -2.97. The molecule has 0 fully saturated rings. The van der Waals surface area contributed by atoms with Crippen molar-refractivity contribution in [3.8, 4) is 22.4 Å². The molecular weight excluding hydrogens is 1440 g/mol. The van der Waals surface area contributed by atoms with Gasteiger partial charge < -0.3 is 4.57 Å². The molecule has 0 N–H and O–H groups in total. The van der Waals surface area contributed by atoms with E-state index in [0.717, 1.165) is 100 Å². The highest BCUT2D eigenvalue weighted by Crippen LogP contribution is 2.47. The summed E-state index contributed by atoms with van der Waals surface area (Å²) >= 11 is 5.53. The Kier molecular flexibility index (Phi) is 16.5. The van der Waals surface area contributed by atoms with Crippen molar-refractivity contribution in [2.45, 2.75) is 0 Å². The van der Waals surface area contributed by atoms with Crippen LogP contribution in [0.4, 0.5) is 34.4 Å². The van der Waals surface area contributed by atoms with Crippen LogP contribution in [0.3, 0.4) is 0 Å². The average Bonchev–Trinajstić information content (AvgIpc) is 1.59. The number of aromatic nitrogens is 6. The Morgan fingerprint density at radius 3 is 1.10 bits per heavy atom. The number of hydrogen-bond acceptors (Lipinski definition) is 9. The number of fused-ring (bicyclic) bond motifs is 18. The molecule has 0 saturated carbocycles. The first-order valence-corrected chi connectivity index (χ1v) is 41.5. The minimum atomic E-state index is -2.97. The summed E-state index contributed by atoms with van der Waals surface area (Å²) < 4.78 is 28.4. The molecule has 23 rings (SSSR count). The van der Waals surface area contributed by atoms with Crippen LogP contribution in [0.25, 0.3) is 132 Å². The fraction of sp³-hybridized carbons (Fsp3) is 0. The van der Waals surface area contributed by atoms with Crippen LogP contribution < -0.4 is 25.7 Å². The predicted molar refractivity (Wildman–Crippen MR) is 476 cm³/mol. The number of benzene rings is 14. The molecule has 0 aliphatic rings. The van der Waals surface area contributed by atoms with Crippen molar-refractivity contribution in [3.63, 3.8) is 0 Å². The third-order valence-corrected chi connectivity index (χ3v) is 27.8. The van der Waals surface area contributed by atoms with Crippen LogP contribution in [0, 0.1) is 0 Å². The number of thiophene rings is 3. The minimum absolute atomic E-state index is 0.817. The fourth-order valence-electron chi connectivity index (χ4n) is 15.8. The maximum atomic E-state index is 14.5. The molecule has 0 amide bonds. The Labute approximate surface area is 656 Å². The van der Waals surface area contributed by atoms with Gasteiger partial charge in [0.2, 0.25) is 0 Å². The summed E-state index contributed by atoms with van der Waals surface area (Å²) in [6.45, 7) is 0.